The van der Waals surface area contributed by atoms with Crippen LogP contribution in [0.1, 0.15) is 80.1 Å². The van der Waals surface area contributed by atoms with Crippen molar-refractivity contribution in [2.45, 2.75) is 110 Å². The van der Waals surface area contributed by atoms with Gasteiger partial charge in [-0.05, 0) is 78.9 Å². The van der Waals surface area contributed by atoms with Gasteiger partial charge in [-0.15, -0.1) is 0 Å². The maximum Gasteiger partial charge on any atom is 0.309 e. The average Bonchev–Trinajstić information content (AvgIpc) is 3.03. The van der Waals surface area contributed by atoms with Crippen LogP contribution in [0, 0.1) is 52.3 Å². The van der Waals surface area contributed by atoms with Crippen LogP contribution >= 0.6 is 0 Å². The summed E-state index contributed by atoms with van der Waals surface area (Å²) >= 11 is 0. The van der Waals surface area contributed by atoms with E-state index in [-0.39, 0.29) is 42.0 Å². The number of carbonyl (C=O) groups excluding carboxylic acids is 1. The Kier molecular flexibility index (Phi) is 7.20. The molecule has 1 heterocycles. The van der Waals surface area contributed by atoms with E-state index in [1.807, 2.05) is 27.7 Å². The fourth-order valence-electron chi connectivity index (χ4n) is 8.87. The molecule has 0 aromatic heterocycles. The zero-order valence-electron chi connectivity index (χ0n) is 22.4. The highest BCUT2D eigenvalue weighted by atomic mass is 16.5. The van der Waals surface area contributed by atoms with Gasteiger partial charge in [-0.3, -0.25) is 4.79 Å². The second-order valence-corrected chi connectivity index (χ2v) is 13.4. The van der Waals surface area contributed by atoms with E-state index < -0.39 is 52.7 Å². The predicted molar refractivity (Wildman–Crippen MR) is 131 cm³/mol. The van der Waals surface area contributed by atoms with Crippen LogP contribution in [0.2, 0.25) is 0 Å². The van der Waals surface area contributed by atoms with E-state index in [2.05, 4.69) is 13.8 Å². The molecule has 0 aromatic rings. The molecule has 4 fully saturated rings. The highest BCUT2D eigenvalue weighted by Crippen LogP contribution is 2.67. The Balaban J connectivity index is 1.62. The summed E-state index contributed by atoms with van der Waals surface area (Å²) in [6, 6.07) is 0. The highest BCUT2D eigenvalue weighted by Gasteiger charge is 2.67. The van der Waals surface area contributed by atoms with Gasteiger partial charge in [0.25, 0.3) is 0 Å². The molecular formula is C28H48O7. The molecule has 1 saturated heterocycles. The molecule has 0 amide bonds. The number of aliphatic hydroxyl groups excluding tert-OH is 4. The van der Waals surface area contributed by atoms with Crippen molar-refractivity contribution in [3.05, 3.63) is 0 Å². The smallest absolute Gasteiger partial charge is 0.309 e. The summed E-state index contributed by atoms with van der Waals surface area (Å²) in [6.45, 7) is 12.3. The minimum absolute atomic E-state index is 0.0491. The molecule has 7 nitrogen and oxygen atoms in total. The molecule has 202 valence electrons. The monoisotopic (exact) mass is 496 g/mol. The van der Waals surface area contributed by atoms with E-state index in [0.717, 1.165) is 19.3 Å². The molecule has 0 aromatic carbocycles. The average molecular weight is 497 g/mol. The summed E-state index contributed by atoms with van der Waals surface area (Å²) < 4.78 is 5.81. The van der Waals surface area contributed by atoms with E-state index in [1.165, 1.54) is 0 Å². The van der Waals surface area contributed by atoms with Gasteiger partial charge in [0.15, 0.2) is 0 Å². The Bertz CT molecular complexity index is 802. The van der Waals surface area contributed by atoms with Gasteiger partial charge in [-0.2, -0.15) is 0 Å². The third-order valence-electron chi connectivity index (χ3n) is 11.8. The van der Waals surface area contributed by atoms with Gasteiger partial charge in [-0.1, -0.05) is 41.5 Å². The topological polar surface area (TPSA) is 127 Å². The largest absolute Gasteiger partial charge is 0.465 e. The lowest BCUT2D eigenvalue weighted by atomic mass is 9.47. The molecule has 13 atom stereocenters. The molecule has 4 rings (SSSR count). The quantitative estimate of drug-likeness (QED) is 0.370. The second-order valence-electron chi connectivity index (χ2n) is 13.4. The fraction of sp³-hybridized carbons (Fsp3) is 0.964. The number of fused-ring (bicyclic) bond motifs is 5. The lowest BCUT2D eigenvalue weighted by molar-refractivity contribution is -0.189. The summed E-state index contributed by atoms with van der Waals surface area (Å²) in [5.74, 6) is -0.806. The first-order valence-corrected chi connectivity index (χ1v) is 13.8. The summed E-state index contributed by atoms with van der Waals surface area (Å²) in [5.41, 5.74) is -2.09. The summed E-state index contributed by atoms with van der Waals surface area (Å²) in [7, 11) is 0. The van der Waals surface area contributed by atoms with Crippen molar-refractivity contribution >= 4 is 5.97 Å². The van der Waals surface area contributed by atoms with Crippen molar-refractivity contribution in [2.24, 2.45) is 52.3 Å². The lowest BCUT2D eigenvalue weighted by Gasteiger charge is -2.58. The number of hydrogen-bond donors (Lipinski definition) is 5. The normalized spacial score (nSPS) is 49.2. The maximum absolute atomic E-state index is 13.0. The van der Waals surface area contributed by atoms with Crippen LogP contribution in [-0.4, -0.2) is 68.1 Å². The molecule has 5 N–H and O–H groups in total. The number of aliphatic hydroxyl groups is 5. The summed E-state index contributed by atoms with van der Waals surface area (Å²) in [6.07, 6.45) is -0.273. The molecule has 4 aliphatic rings. The predicted octanol–water partition coefficient (Wildman–Crippen LogP) is 2.50. The van der Waals surface area contributed by atoms with Crippen molar-refractivity contribution < 1.29 is 35.1 Å². The number of rotatable bonds is 5. The fourth-order valence-corrected chi connectivity index (χ4v) is 8.87. The second kappa shape index (κ2) is 9.23. The first kappa shape index (κ1) is 27.3. The van der Waals surface area contributed by atoms with Crippen molar-refractivity contribution in [3.63, 3.8) is 0 Å². The van der Waals surface area contributed by atoms with E-state index in [0.29, 0.717) is 19.4 Å². The van der Waals surface area contributed by atoms with Crippen LogP contribution in [0.5, 0.6) is 0 Å². The standard InChI is InChI=1S/C28H48O7/c1-14(2)15(3)23(31)24(32)16(4)28(34)10-8-19-17-13-35-25(33)20-11-21(29)22(30)12-26(20,5)18(17)7-9-27(19,28)6/h14-24,29-32,34H,7-13H2,1-6H3/t15-,16-,17-,18+,19+,20-,21+,22-,23-,24-,26-,27+,28+/m1/s1. The zero-order chi connectivity index (χ0) is 26.1. The van der Waals surface area contributed by atoms with E-state index >= 15 is 0 Å². The van der Waals surface area contributed by atoms with Gasteiger partial charge in [0.05, 0.1) is 42.5 Å². The van der Waals surface area contributed by atoms with Gasteiger partial charge in [0, 0.05) is 5.92 Å². The van der Waals surface area contributed by atoms with Crippen molar-refractivity contribution in [1.29, 1.82) is 0 Å². The number of hydrogen-bond acceptors (Lipinski definition) is 7. The van der Waals surface area contributed by atoms with Crippen molar-refractivity contribution in [3.8, 4) is 0 Å². The van der Waals surface area contributed by atoms with Crippen LogP contribution in [0.3, 0.4) is 0 Å². The van der Waals surface area contributed by atoms with E-state index in [4.69, 9.17) is 4.74 Å². The molecule has 35 heavy (non-hydrogen) atoms. The molecular weight excluding hydrogens is 448 g/mol. The third kappa shape index (κ3) is 3.99. The van der Waals surface area contributed by atoms with E-state index in [1.54, 1.807) is 0 Å². The Labute approximate surface area is 210 Å². The molecule has 1 aliphatic heterocycles. The first-order valence-electron chi connectivity index (χ1n) is 13.8. The third-order valence-corrected chi connectivity index (χ3v) is 11.8. The molecule has 0 radical (unpaired) electrons. The van der Waals surface area contributed by atoms with E-state index in [9.17, 15) is 30.3 Å². The molecule has 0 bridgehead atoms. The van der Waals surface area contributed by atoms with Crippen LogP contribution in [0.15, 0.2) is 0 Å². The number of carbonyl (C=O) groups is 1. The number of esters is 1. The molecule has 3 aliphatic carbocycles. The number of ether oxygens (including phenoxy) is 1. The Morgan fingerprint density at radius 2 is 1.57 bits per heavy atom. The Morgan fingerprint density at radius 1 is 0.943 bits per heavy atom. The van der Waals surface area contributed by atoms with Crippen LogP contribution in [0.25, 0.3) is 0 Å². The first-order chi connectivity index (χ1) is 16.2. The summed E-state index contributed by atoms with van der Waals surface area (Å²) in [4.78, 5) is 13.0. The van der Waals surface area contributed by atoms with Gasteiger partial charge < -0.3 is 30.3 Å². The van der Waals surface area contributed by atoms with Gasteiger partial charge in [-0.25, -0.2) is 0 Å². The minimum Gasteiger partial charge on any atom is -0.465 e. The Morgan fingerprint density at radius 3 is 2.20 bits per heavy atom. The SMILES string of the molecule is CC(C)[C@@H](C)[C@@H](O)[C@H](O)[C@@H](C)[C@@]1(O)CC[C@H]2[C@@H]3COC(=O)[C@H]4C[C@H](O)[C@H](O)C[C@]4(C)[C@H]3CC[C@@]21C. The molecule has 0 spiro atoms. The maximum atomic E-state index is 13.0. The van der Waals surface area contributed by atoms with Gasteiger partial charge in [0.1, 0.15) is 0 Å². The minimum atomic E-state index is -1.14. The zero-order valence-corrected chi connectivity index (χ0v) is 22.4. The molecule has 3 saturated carbocycles. The van der Waals surface area contributed by atoms with Crippen molar-refractivity contribution in [2.75, 3.05) is 6.61 Å². The Hall–Kier alpha value is -0.730. The number of cyclic esters (lactones) is 1. The van der Waals surface area contributed by atoms with Crippen LogP contribution in [-0.2, 0) is 9.53 Å². The highest BCUT2D eigenvalue weighted by molar-refractivity contribution is 5.74. The van der Waals surface area contributed by atoms with Crippen LogP contribution < -0.4 is 0 Å². The van der Waals surface area contributed by atoms with Crippen molar-refractivity contribution in [1.82, 2.24) is 0 Å². The molecule has 7 heteroatoms. The van der Waals surface area contributed by atoms with Gasteiger partial charge in [0.2, 0.25) is 0 Å². The van der Waals surface area contributed by atoms with Crippen LogP contribution in [0.4, 0.5) is 0 Å². The summed E-state index contributed by atoms with van der Waals surface area (Å²) in [5, 5.41) is 55.1. The van der Waals surface area contributed by atoms with Gasteiger partial charge >= 0.3 is 5.97 Å². The molecule has 0 unspecified atom stereocenters. The lowest BCUT2D eigenvalue weighted by Crippen LogP contribution is -2.60.